The molecule has 2 aromatic rings. The van der Waals surface area contributed by atoms with E-state index in [4.69, 9.17) is 11.6 Å². The lowest BCUT2D eigenvalue weighted by molar-refractivity contribution is 0.442. The van der Waals surface area contributed by atoms with Gasteiger partial charge in [0.1, 0.15) is 0 Å². The predicted octanol–water partition coefficient (Wildman–Crippen LogP) is 4.95. The molecule has 1 nitrogen and oxygen atoms in total. The van der Waals surface area contributed by atoms with Crippen LogP contribution in [0.4, 0.5) is 0 Å². The summed E-state index contributed by atoms with van der Waals surface area (Å²) in [5, 5.41) is 8.96. The molecule has 0 spiro atoms. The second-order valence-electron chi connectivity index (χ2n) is 6.05. The Morgan fingerprint density at radius 1 is 1.14 bits per heavy atom. The summed E-state index contributed by atoms with van der Waals surface area (Å²) < 4.78 is 0. The molecule has 1 heterocycles. The van der Waals surface area contributed by atoms with Gasteiger partial charge in [-0.05, 0) is 84.7 Å². The first-order valence-corrected chi connectivity index (χ1v) is 9.10. The molecule has 1 aromatic carbocycles. The normalized spacial score (nSPS) is 16.0. The molecule has 3 heteroatoms. The van der Waals surface area contributed by atoms with Crippen molar-refractivity contribution in [2.45, 2.75) is 38.1 Å². The second-order valence-corrected chi connectivity index (χ2v) is 7.27. The smallest absolute Gasteiger partial charge is 0.0406 e. The third-order valence-electron chi connectivity index (χ3n) is 4.13. The van der Waals surface area contributed by atoms with E-state index in [0.717, 1.165) is 24.0 Å². The fraction of sp³-hybridized carbons (Fsp3) is 0.444. The van der Waals surface area contributed by atoms with Crippen LogP contribution in [0.3, 0.4) is 0 Å². The average molecular weight is 320 g/mol. The first-order valence-electron chi connectivity index (χ1n) is 7.78. The van der Waals surface area contributed by atoms with E-state index in [2.05, 4.69) is 34.3 Å². The molecule has 1 atom stereocenters. The Labute approximate surface area is 136 Å². The van der Waals surface area contributed by atoms with Crippen LogP contribution in [0.15, 0.2) is 41.1 Å². The van der Waals surface area contributed by atoms with E-state index >= 15 is 0 Å². The number of benzene rings is 1. The summed E-state index contributed by atoms with van der Waals surface area (Å²) >= 11 is 7.77. The monoisotopic (exact) mass is 319 g/mol. The molecular weight excluding hydrogens is 298 g/mol. The van der Waals surface area contributed by atoms with Gasteiger partial charge in [0.15, 0.2) is 0 Å². The highest BCUT2D eigenvalue weighted by molar-refractivity contribution is 7.07. The second kappa shape index (κ2) is 7.44. The van der Waals surface area contributed by atoms with E-state index in [1.807, 2.05) is 12.1 Å². The zero-order valence-corrected chi connectivity index (χ0v) is 13.8. The number of hydrogen-bond donors (Lipinski definition) is 1. The Hall–Kier alpha value is -0.830. The summed E-state index contributed by atoms with van der Waals surface area (Å²) in [4.78, 5) is 0. The van der Waals surface area contributed by atoms with Crippen LogP contribution in [-0.2, 0) is 12.8 Å². The third kappa shape index (κ3) is 5.14. The molecule has 1 aliphatic carbocycles. The van der Waals surface area contributed by atoms with Gasteiger partial charge in [0.2, 0.25) is 0 Å². The zero-order valence-electron chi connectivity index (χ0n) is 12.2. The molecule has 0 saturated heterocycles. The van der Waals surface area contributed by atoms with E-state index in [-0.39, 0.29) is 0 Å². The van der Waals surface area contributed by atoms with Crippen LogP contribution >= 0.6 is 22.9 Å². The lowest BCUT2D eigenvalue weighted by atomic mass is 9.93. The van der Waals surface area contributed by atoms with Crippen molar-refractivity contribution in [3.05, 3.63) is 57.2 Å². The number of aryl methyl sites for hydroxylation is 1. The molecule has 1 aliphatic rings. The van der Waals surface area contributed by atoms with Crippen LogP contribution in [0.25, 0.3) is 0 Å². The van der Waals surface area contributed by atoms with Gasteiger partial charge in [-0.3, -0.25) is 0 Å². The van der Waals surface area contributed by atoms with Crippen LogP contribution < -0.4 is 5.32 Å². The standard InChI is InChI=1S/C18H22ClNS/c19-17-5-3-14(4-6-17)11-16(12-20-18-7-8-18)2-1-15-9-10-21-13-15/h3-6,9-10,13,16,18,20H,1-2,7-8,11-12H2. The lowest BCUT2D eigenvalue weighted by Gasteiger charge is -2.17. The molecule has 112 valence electrons. The predicted molar refractivity (Wildman–Crippen MR) is 92.3 cm³/mol. The molecule has 1 aromatic heterocycles. The van der Waals surface area contributed by atoms with Crippen molar-refractivity contribution in [1.82, 2.24) is 5.32 Å². The highest BCUT2D eigenvalue weighted by Crippen LogP contribution is 2.22. The van der Waals surface area contributed by atoms with Gasteiger partial charge < -0.3 is 5.32 Å². The van der Waals surface area contributed by atoms with E-state index in [0.29, 0.717) is 5.92 Å². The fourth-order valence-electron chi connectivity index (χ4n) is 2.66. The number of hydrogen-bond acceptors (Lipinski definition) is 2. The average Bonchev–Trinajstić information content (AvgIpc) is 3.18. The van der Waals surface area contributed by atoms with Gasteiger partial charge in [0.05, 0.1) is 0 Å². The maximum absolute atomic E-state index is 5.98. The van der Waals surface area contributed by atoms with E-state index < -0.39 is 0 Å². The lowest BCUT2D eigenvalue weighted by Crippen LogP contribution is -2.26. The van der Waals surface area contributed by atoms with Gasteiger partial charge in [0, 0.05) is 11.1 Å². The molecule has 0 amide bonds. The van der Waals surface area contributed by atoms with Gasteiger partial charge in [-0.15, -0.1) is 0 Å². The van der Waals surface area contributed by atoms with Gasteiger partial charge in [-0.1, -0.05) is 23.7 Å². The van der Waals surface area contributed by atoms with Crippen LogP contribution in [-0.4, -0.2) is 12.6 Å². The molecule has 0 bridgehead atoms. The topological polar surface area (TPSA) is 12.0 Å². The van der Waals surface area contributed by atoms with Crippen molar-refractivity contribution in [1.29, 1.82) is 0 Å². The first kappa shape index (κ1) is 15.1. The number of halogens is 1. The zero-order chi connectivity index (χ0) is 14.5. The van der Waals surface area contributed by atoms with Crippen molar-refractivity contribution in [2.75, 3.05) is 6.54 Å². The quantitative estimate of drug-likeness (QED) is 0.726. The highest BCUT2D eigenvalue weighted by Gasteiger charge is 2.22. The Balaban J connectivity index is 1.55. The van der Waals surface area contributed by atoms with Crippen LogP contribution in [0.5, 0.6) is 0 Å². The van der Waals surface area contributed by atoms with Gasteiger partial charge in [0.25, 0.3) is 0 Å². The Kier molecular flexibility index (Phi) is 5.34. The van der Waals surface area contributed by atoms with Gasteiger partial charge >= 0.3 is 0 Å². The first-order chi connectivity index (χ1) is 10.3. The summed E-state index contributed by atoms with van der Waals surface area (Å²) in [6.45, 7) is 1.14. The summed E-state index contributed by atoms with van der Waals surface area (Å²) in [5.41, 5.74) is 2.87. The molecule has 3 rings (SSSR count). The van der Waals surface area contributed by atoms with Crippen molar-refractivity contribution in [3.8, 4) is 0 Å². The molecule has 1 N–H and O–H groups in total. The van der Waals surface area contributed by atoms with Crippen LogP contribution in [0.2, 0.25) is 5.02 Å². The van der Waals surface area contributed by atoms with Crippen LogP contribution in [0.1, 0.15) is 30.4 Å². The maximum Gasteiger partial charge on any atom is 0.0406 e. The molecule has 21 heavy (non-hydrogen) atoms. The molecule has 1 unspecified atom stereocenters. The maximum atomic E-state index is 5.98. The van der Waals surface area contributed by atoms with Crippen molar-refractivity contribution in [3.63, 3.8) is 0 Å². The van der Waals surface area contributed by atoms with E-state index in [1.54, 1.807) is 11.3 Å². The molecule has 1 fully saturated rings. The fourth-order valence-corrected chi connectivity index (χ4v) is 3.49. The largest absolute Gasteiger partial charge is 0.314 e. The van der Waals surface area contributed by atoms with Crippen molar-refractivity contribution >= 4 is 22.9 Å². The van der Waals surface area contributed by atoms with E-state index in [9.17, 15) is 0 Å². The SMILES string of the molecule is Clc1ccc(CC(CCc2ccsc2)CNC2CC2)cc1. The van der Waals surface area contributed by atoms with Gasteiger partial charge in [-0.2, -0.15) is 11.3 Å². The Morgan fingerprint density at radius 3 is 2.62 bits per heavy atom. The number of thiophene rings is 1. The minimum atomic E-state index is 0.701. The number of rotatable bonds is 8. The van der Waals surface area contributed by atoms with Gasteiger partial charge in [-0.25, -0.2) is 0 Å². The van der Waals surface area contributed by atoms with Crippen molar-refractivity contribution in [2.24, 2.45) is 5.92 Å². The highest BCUT2D eigenvalue weighted by atomic mass is 35.5. The van der Waals surface area contributed by atoms with E-state index in [1.165, 1.54) is 36.8 Å². The summed E-state index contributed by atoms with van der Waals surface area (Å²) in [6, 6.07) is 11.4. The number of nitrogens with one attached hydrogen (secondary N) is 1. The third-order valence-corrected chi connectivity index (χ3v) is 5.12. The van der Waals surface area contributed by atoms with Crippen molar-refractivity contribution < 1.29 is 0 Å². The Bertz CT molecular complexity index is 531. The molecule has 0 aliphatic heterocycles. The summed E-state index contributed by atoms with van der Waals surface area (Å²) in [7, 11) is 0. The molecule has 0 radical (unpaired) electrons. The minimum absolute atomic E-state index is 0.701. The minimum Gasteiger partial charge on any atom is -0.314 e. The summed E-state index contributed by atoms with van der Waals surface area (Å²) in [6.07, 6.45) is 6.30. The Morgan fingerprint density at radius 2 is 1.95 bits per heavy atom. The van der Waals surface area contributed by atoms with Crippen LogP contribution in [0, 0.1) is 5.92 Å². The summed E-state index contributed by atoms with van der Waals surface area (Å²) in [5.74, 6) is 0.701. The molecular formula is C18H22ClNS. The molecule has 1 saturated carbocycles.